The molecule has 154 valence electrons. The number of likely N-dealkylation sites (tertiary alicyclic amines) is 1. The Bertz CT molecular complexity index is 968. The van der Waals surface area contributed by atoms with Gasteiger partial charge in [0.15, 0.2) is 5.78 Å². The smallest absolute Gasteiger partial charge is 0.410 e. The Kier molecular flexibility index (Phi) is 6.66. The van der Waals surface area contributed by atoms with Crippen LogP contribution in [-0.4, -0.2) is 44.8 Å². The Balaban J connectivity index is 1.50. The molecule has 3 rings (SSSR count). The van der Waals surface area contributed by atoms with Crippen molar-refractivity contribution in [3.63, 3.8) is 0 Å². The average Bonchev–Trinajstić information content (AvgIpc) is 2.73. The van der Waals surface area contributed by atoms with Crippen LogP contribution in [0.1, 0.15) is 30.1 Å². The summed E-state index contributed by atoms with van der Waals surface area (Å²) in [6, 6.07) is 14.9. The van der Waals surface area contributed by atoms with E-state index in [2.05, 4.69) is 4.72 Å². The van der Waals surface area contributed by atoms with Crippen molar-refractivity contribution in [1.29, 1.82) is 0 Å². The minimum Gasteiger partial charge on any atom is -0.410 e. The van der Waals surface area contributed by atoms with E-state index in [-0.39, 0.29) is 23.1 Å². The molecule has 7 nitrogen and oxygen atoms in total. The van der Waals surface area contributed by atoms with Crippen LogP contribution in [0.25, 0.3) is 0 Å². The third kappa shape index (κ3) is 5.65. The molecule has 0 bridgehead atoms. The fourth-order valence-electron chi connectivity index (χ4n) is 3.17. The van der Waals surface area contributed by atoms with E-state index in [0.29, 0.717) is 37.2 Å². The number of amides is 1. The molecule has 1 N–H and O–H groups in total. The van der Waals surface area contributed by atoms with Crippen molar-refractivity contribution in [2.45, 2.75) is 24.7 Å². The molecule has 0 saturated carbocycles. The van der Waals surface area contributed by atoms with E-state index >= 15 is 0 Å². The molecule has 0 unspecified atom stereocenters. The second-order valence-electron chi connectivity index (χ2n) is 7.05. The van der Waals surface area contributed by atoms with E-state index in [1.165, 1.54) is 19.1 Å². The van der Waals surface area contributed by atoms with Gasteiger partial charge < -0.3 is 9.64 Å². The number of hydrogen-bond acceptors (Lipinski definition) is 5. The molecule has 0 aromatic heterocycles. The molecular formula is C21H24N2O5S. The molecule has 8 heteroatoms. The molecule has 1 aliphatic rings. The van der Waals surface area contributed by atoms with Gasteiger partial charge in [-0.15, -0.1) is 0 Å². The van der Waals surface area contributed by atoms with E-state index < -0.39 is 16.1 Å². The van der Waals surface area contributed by atoms with E-state index in [1.807, 2.05) is 6.07 Å². The number of benzene rings is 2. The minimum atomic E-state index is -3.69. The van der Waals surface area contributed by atoms with Gasteiger partial charge in [0.05, 0.1) is 4.90 Å². The Morgan fingerprint density at radius 1 is 1.07 bits per heavy atom. The Morgan fingerprint density at radius 3 is 2.41 bits per heavy atom. The number of Topliss-reactive ketones (excluding diaryl/α,β-unsaturated/α-hetero) is 1. The highest BCUT2D eigenvalue weighted by atomic mass is 32.2. The molecule has 0 spiro atoms. The third-order valence-electron chi connectivity index (χ3n) is 4.93. The number of ether oxygens (including phenoxy) is 1. The van der Waals surface area contributed by atoms with Gasteiger partial charge in [0.25, 0.3) is 0 Å². The highest BCUT2D eigenvalue weighted by Crippen LogP contribution is 2.20. The maximum atomic E-state index is 12.5. The van der Waals surface area contributed by atoms with Crippen molar-refractivity contribution in [1.82, 2.24) is 9.62 Å². The first-order chi connectivity index (χ1) is 13.8. The van der Waals surface area contributed by atoms with Crippen LogP contribution in [0.2, 0.25) is 0 Å². The van der Waals surface area contributed by atoms with Gasteiger partial charge in [-0.05, 0) is 49.9 Å². The van der Waals surface area contributed by atoms with Gasteiger partial charge in [0.2, 0.25) is 10.0 Å². The molecule has 29 heavy (non-hydrogen) atoms. The number of rotatable bonds is 6. The van der Waals surface area contributed by atoms with Gasteiger partial charge in [0, 0.05) is 25.2 Å². The minimum absolute atomic E-state index is 0.0778. The summed E-state index contributed by atoms with van der Waals surface area (Å²) in [5.41, 5.74) is 0.359. The zero-order chi connectivity index (χ0) is 20.9. The SMILES string of the molecule is CC(=O)c1cccc(S(=O)(=O)NCC2CCN(C(=O)Oc3ccccc3)CC2)c1. The van der Waals surface area contributed by atoms with E-state index in [4.69, 9.17) is 4.74 Å². The quantitative estimate of drug-likeness (QED) is 0.731. The molecule has 0 aliphatic carbocycles. The summed E-state index contributed by atoms with van der Waals surface area (Å²) in [6.45, 7) is 2.71. The predicted molar refractivity (Wildman–Crippen MR) is 108 cm³/mol. The highest BCUT2D eigenvalue weighted by Gasteiger charge is 2.25. The van der Waals surface area contributed by atoms with Crippen molar-refractivity contribution in [3.8, 4) is 5.75 Å². The summed E-state index contributed by atoms with van der Waals surface area (Å²) < 4.78 is 33.0. The second-order valence-corrected chi connectivity index (χ2v) is 8.81. The molecule has 1 aliphatic heterocycles. The number of para-hydroxylation sites is 1. The maximum Gasteiger partial charge on any atom is 0.415 e. The zero-order valence-corrected chi connectivity index (χ0v) is 17.0. The molecular weight excluding hydrogens is 392 g/mol. The lowest BCUT2D eigenvalue weighted by Crippen LogP contribution is -2.42. The first kappa shape index (κ1) is 21.0. The lowest BCUT2D eigenvalue weighted by atomic mass is 9.97. The number of sulfonamides is 1. The van der Waals surface area contributed by atoms with Crippen molar-refractivity contribution >= 4 is 21.9 Å². The van der Waals surface area contributed by atoms with E-state index in [0.717, 1.165) is 0 Å². The van der Waals surface area contributed by atoms with Gasteiger partial charge in [0.1, 0.15) is 5.75 Å². The molecule has 1 heterocycles. The van der Waals surface area contributed by atoms with E-state index in [9.17, 15) is 18.0 Å². The van der Waals surface area contributed by atoms with Gasteiger partial charge >= 0.3 is 6.09 Å². The average molecular weight is 416 g/mol. The fraction of sp³-hybridized carbons (Fsp3) is 0.333. The van der Waals surface area contributed by atoms with Crippen LogP contribution < -0.4 is 9.46 Å². The Labute approximate surface area is 170 Å². The standard InChI is InChI=1S/C21H24N2O5S/c1-16(24)18-6-5-9-20(14-18)29(26,27)22-15-17-10-12-23(13-11-17)21(25)28-19-7-3-2-4-8-19/h2-9,14,17,22H,10-13,15H2,1H3. The molecule has 1 saturated heterocycles. The van der Waals surface area contributed by atoms with Crippen molar-refractivity contribution in [3.05, 3.63) is 60.2 Å². The van der Waals surface area contributed by atoms with Crippen LogP contribution in [0.5, 0.6) is 5.75 Å². The van der Waals surface area contributed by atoms with Crippen LogP contribution >= 0.6 is 0 Å². The van der Waals surface area contributed by atoms with Crippen LogP contribution in [0.4, 0.5) is 4.79 Å². The number of nitrogens with one attached hydrogen (secondary N) is 1. The van der Waals surface area contributed by atoms with Crippen LogP contribution in [0, 0.1) is 5.92 Å². The normalized spacial score (nSPS) is 15.1. The van der Waals surface area contributed by atoms with Gasteiger partial charge in [-0.25, -0.2) is 17.9 Å². The summed E-state index contributed by atoms with van der Waals surface area (Å²) in [7, 11) is -3.69. The molecule has 2 aromatic carbocycles. The highest BCUT2D eigenvalue weighted by molar-refractivity contribution is 7.89. The lowest BCUT2D eigenvalue weighted by molar-refractivity contribution is 0.101. The lowest BCUT2D eigenvalue weighted by Gasteiger charge is -2.31. The van der Waals surface area contributed by atoms with Gasteiger partial charge in [-0.3, -0.25) is 4.79 Å². The first-order valence-corrected chi connectivity index (χ1v) is 11.0. The topological polar surface area (TPSA) is 92.8 Å². The zero-order valence-electron chi connectivity index (χ0n) is 16.2. The van der Waals surface area contributed by atoms with E-state index in [1.54, 1.807) is 41.3 Å². The maximum absolute atomic E-state index is 12.5. The number of piperidine rings is 1. The number of carbonyl (C=O) groups excluding carboxylic acids is 2. The van der Waals surface area contributed by atoms with Gasteiger partial charge in [-0.1, -0.05) is 30.3 Å². The largest absolute Gasteiger partial charge is 0.415 e. The van der Waals surface area contributed by atoms with Crippen LogP contribution in [0.3, 0.4) is 0 Å². The summed E-state index contributed by atoms with van der Waals surface area (Å²) in [6.07, 6.45) is 0.969. The molecule has 2 aromatic rings. The number of ketones is 1. The van der Waals surface area contributed by atoms with Gasteiger partial charge in [-0.2, -0.15) is 0 Å². The number of hydrogen-bond donors (Lipinski definition) is 1. The molecule has 1 amide bonds. The van der Waals surface area contributed by atoms with Crippen LogP contribution in [0.15, 0.2) is 59.5 Å². The summed E-state index contributed by atoms with van der Waals surface area (Å²) >= 11 is 0. The Hall–Kier alpha value is -2.71. The van der Waals surface area contributed by atoms with Crippen LogP contribution in [-0.2, 0) is 10.0 Å². The molecule has 0 radical (unpaired) electrons. The third-order valence-corrected chi connectivity index (χ3v) is 6.36. The number of carbonyl (C=O) groups is 2. The van der Waals surface area contributed by atoms with Crippen molar-refractivity contribution in [2.24, 2.45) is 5.92 Å². The van der Waals surface area contributed by atoms with Crippen molar-refractivity contribution in [2.75, 3.05) is 19.6 Å². The first-order valence-electron chi connectivity index (χ1n) is 9.47. The summed E-state index contributed by atoms with van der Waals surface area (Å²) in [4.78, 5) is 25.4. The monoisotopic (exact) mass is 416 g/mol. The second kappa shape index (κ2) is 9.19. The Morgan fingerprint density at radius 2 is 1.76 bits per heavy atom. The fourth-order valence-corrected chi connectivity index (χ4v) is 4.33. The number of nitrogens with zero attached hydrogens (tertiary/aromatic N) is 1. The molecule has 1 fully saturated rings. The molecule has 0 atom stereocenters. The summed E-state index contributed by atoms with van der Waals surface area (Å²) in [5, 5.41) is 0. The summed E-state index contributed by atoms with van der Waals surface area (Å²) in [5.74, 6) is 0.443. The van der Waals surface area contributed by atoms with Crippen molar-refractivity contribution < 1.29 is 22.7 Å². The predicted octanol–water partition coefficient (Wildman–Crippen LogP) is 3.08.